The van der Waals surface area contributed by atoms with Gasteiger partial charge in [0.25, 0.3) is 0 Å². The van der Waals surface area contributed by atoms with Crippen LogP contribution < -0.4 is 5.73 Å². The van der Waals surface area contributed by atoms with E-state index in [2.05, 4.69) is 33.0 Å². The molecule has 3 aromatic rings. The van der Waals surface area contributed by atoms with Crippen molar-refractivity contribution in [3.63, 3.8) is 0 Å². The molecule has 0 fully saturated rings. The summed E-state index contributed by atoms with van der Waals surface area (Å²) in [7, 11) is 0. The first-order valence-electron chi connectivity index (χ1n) is 6.04. The molecule has 3 heteroatoms. The van der Waals surface area contributed by atoms with E-state index in [0.717, 1.165) is 32.5 Å². The zero-order valence-electron chi connectivity index (χ0n) is 10.2. The van der Waals surface area contributed by atoms with E-state index in [0.29, 0.717) is 0 Å². The van der Waals surface area contributed by atoms with Crippen LogP contribution in [0.4, 0.5) is 5.69 Å². The molecule has 0 radical (unpaired) electrons. The number of halogens is 1. The molecule has 0 aliphatic rings. The minimum Gasteiger partial charge on any atom is -0.396 e. The summed E-state index contributed by atoms with van der Waals surface area (Å²) in [6.07, 6.45) is 1.96. The van der Waals surface area contributed by atoms with Crippen molar-refractivity contribution in [1.29, 1.82) is 0 Å². The standard InChI is InChI=1S/C16H13BrN2/c17-14-9-5-4-8-12(14)16-15(18)13(10-19-16)11-6-2-1-3-7-11/h1-10,19H,18H2. The molecule has 0 aliphatic carbocycles. The topological polar surface area (TPSA) is 41.8 Å². The van der Waals surface area contributed by atoms with Gasteiger partial charge in [0.2, 0.25) is 0 Å². The van der Waals surface area contributed by atoms with Crippen LogP contribution in [0.3, 0.4) is 0 Å². The van der Waals surface area contributed by atoms with Gasteiger partial charge < -0.3 is 10.7 Å². The summed E-state index contributed by atoms with van der Waals surface area (Å²) >= 11 is 3.56. The highest BCUT2D eigenvalue weighted by atomic mass is 79.9. The van der Waals surface area contributed by atoms with Crippen LogP contribution >= 0.6 is 15.9 Å². The summed E-state index contributed by atoms with van der Waals surface area (Å²) in [5.41, 5.74) is 11.2. The number of anilines is 1. The van der Waals surface area contributed by atoms with Crippen molar-refractivity contribution in [3.05, 3.63) is 65.3 Å². The van der Waals surface area contributed by atoms with Crippen molar-refractivity contribution < 1.29 is 0 Å². The molecule has 0 atom stereocenters. The Labute approximate surface area is 120 Å². The Morgan fingerprint density at radius 1 is 0.842 bits per heavy atom. The second-order valence-corrected chi connectivity index (χ2v) is 5.19. The van der Waals surface area contributed by atoms with Crippen molar-refractivity contribution >= 4 is 21.6 Å². The van der Waals surface area contributed by atoms with Crippen LogP contribution in [0.25, 0.3) is 22.4 Å². The van der Waals surface area contributed by atoms with Crippen molar-refractivity contribution in [3.8, 4) is 22.4 Å². The lowest BCUT2D eigenvalue weighted by molar-refractivity contribution is 1.39. The van der Waals surface area contributed by atoms with Crippen LogP contribution in [0, 0.1) is 0 Å². The Hall–Kier alpha value is -2.00. The van der Waals surface area contributed by atoms with Gasteiger partial charge in [-0.3, -0.25) is 0 Å². The molecular weight excluding hydrogens is 300 g/mol. The molecule has 0 amide bonds. The number of hydrogen-bond donors (Lipinski definition) is 2. The summed E-state index contributed by atoms with van der Waals surface area (Å²) in [4.78, 5) is 3.27. The van der Waals surface area contributed by atoms with Crippen LogP contribution in [0.2, 0.25) is 0 Å². The summed E-state index contributed by atoms with van der Waals surface area (Å²) in [6.45, 7) is 0. The number of nitrogens with one attached hydrogen (secondary N) is 1. The average Bonchev–Trinajstić information content (AvgIpc) is 2.82. The molecule has 94 valence electrons. The zero-order chi connectivity index (χ0) is 13.2. The maximum atomic E-state index is 6.28. The highest BCUT2D eigenvalue weighted by molar-refractivity contribution is 9.10. The molecule has 2 nitrogen and oxygen atoms in total. The number of nitrogens with two attached hydrogens (primary N) is 1. The van der Waals surface area contributed by atoms with Gasteiger partial charge in [0, 0.05) is 21.8 Å². The van der Waals surface area contributed by atoms with Crippen LogP contribution in [0.5, 0.6) is 0 Å². The fraction of sp³-hybridized carbons (Fsp3) is 0. The number of nitrogen functional groups attached to an aromatic ring is 1. The number of aromatic amines is 1. The second-order valence-electron chi connectivity index (χ2n) is 4.34. The predicted octanol–water partition coefficient (Wildman–Crippen LogP) is 4.69. The molecule has 0 saturated heterocycles. The van der Waals surface area contributed by atoms with Gasteiger partial charge in [0.1, 0.15) is 0 Å². The normalized spacial score (nSPS) is 10.6. The van der Waals surface area contributed by atoms with Crippen LogP contribution in [-0.4, -0.2) is 4.98 Å². The first-order valence-corrected chi connectivity index (χ1v) is 6.84. The van der Waals surface area contributed by atoms with E-state index >= 15 is 0 Å². The largest absolute Gasteiger partial charge is 0.396 e. The van der Waals surface area contributed by atoms with Crippen molar-refractivity contribution in [2.75, 3.05) is 5.73 Å². The fourth-order valence-corrected chi connectivity index (χ4v) is 2.66. The Morgan fingerprint density at radius 3 is 2.26 bits per heavy atom. The van der Waals surface area contributed by atoms with Gasteiger partial charge in [-0.15, -0.1) is 0 Å². The highest BCUT2D eigenvalue weighted by Crippen LogP contribution is 2.37. The van der Waals surface area contributed by atoms with E-state index in [9.17, 15) is 0 Å². The van der Waals surface area contributed by atoms with Crippen molar-refractivity contribution in [2.24, 2.45) is 0 Å². The summed E-state index contributed by atoms with van der Waals surface area (Å²) in [5, 5.41) is 0. The molecule has 0 bridgehead atoms. The molecule has 1 aromatic heterocycles. The van der Waals surface area contributed by atoms with E-state index in [1.807, 2.05) is 48.7 Å². The molecule has 3 rings (SSSR count). The summed E-state index contributed by atoms with van der Waals surface area (Å²) < 4.78 is 1.03. The van der Waals surface area contributed by atoms with E-state index in [4.69, 9.17) is 5.73 Å². The van der Waals surface area contributed by atoms with E-state index in [1.165, 1.54) is 0 Å². The average molecular weight is 313 g/mol. The first kappa shape index (κ1) is 12.1. The Balaban J connectivity index is 2.12. The van der Waals surface area contributed by atoms with Gasteiger partial charge in [-0.2, -0.15) is 0 Å². The van der Waals surface area contributed by atoms with Gasteiger partial charge in [0.05, 0.1) is 11.4 Å². The van der Waals surface area contributed by atoms with Gasteiger partial charge in [0.15, 0.2) is 0 Å². The summed E-state index contributed by atoms with van der Waals surface area (Å²) in [5.74, 6) is 0. The number of H-pyrrole nitrogens is 1. The molecule has 0 aliphatic heterocycles. The van der Waals surface area contributed by atoms with Crippen LogP contribution in [0.15, 0.2) is 65.3 Å². The van der Waals surface area contributed by atoms with E-state index in [-0.39, 0.29) is 0 Å². The number of rotatable bonds is 2. The van der Waals surface area contributed by atoms with E-state index in [1.54, 1.807) is 0 Å². The second kappa shape index (κ2) is 4.94. The maximum absolute atomic E-state index is 6.28. The maximum Gasteiger partial charge on any atom is 0.0705 e. The number of aromatic nitrogens is 1. The quantitative estimate of drug-likeness (QED) is 0.708. The van der Waals surface area contributed by atoms with Gasteiger partial charge >= 0.3 is 0 Å². The number of hydrogen-bond acceptors (Lipinski definition) is 1. The SMILES string of the molecule is Nc1c(-c2ccccc2)c[nH]c1-c1ccccc1Br. The Morgan fingerprint density at radius 2 is 1.53 bits per heavy atom. The molecule has 19 heavy (non-hydrogen) atoms. The van der Waals surface area contributed by atoms with Gasteiger partial charge in [-0.25, -0.2) is 0 Å². The monoisotopic (exact) mass is 312 g/mol. The lowest BCUT2D eigenvalue weighted by Crippen LogP contribution is -1.89. The molecule has 2 aromatic carbocycles. The smallest absolute Gasteiger partial charge is 0.0705 e. The van der Waals surface area contributed by atoms with Crippen LogP contribution in [-0.2, 0) is 0 Å². The molecular formula is C16H13BrN2. The lowest BCUT2D eigenvalue weighted by atomic mass is 10.1. The minimum absolute atomic E-state index is 0.776. The Kier molecular flexibility index (Phi) is 3.13. The Bertz CT molecular complexity index is 702. The summed E-state index contributed by atoms with van der Waals surface area (Å²) in [6, 6.07) is 18.2. The fourth-order valence-electron chi connectivity index (χ4n) is 2.18. The first-order chi connectivity index (χ1) is 9.27. The predicted molar refractivity (Wildman–Crippen MR) is 83.8 cm³/mol. The molecule has 3 N–H and O–H groups in total. The molecule has 1 heterocycles. The third-order valence-electron chi connectivity index (χ3n) is 3.15. The highest BCUT2D eigenvalue weighted by Gasteiger charge is 2.12. The molecule has 0 spiro atoms. The third kappa shape index (κ3) is 2.17. The van der Waals surface area contributed by atoms with Crippen molar-refractivity contribution in [2.45, 2.75) is 0 Å². The number of benzene rings is 2. The van der Waals surface area contributed by atoms with E-state index < -0.39 is 0 Å². The lowest BCUT2D eigenvalue weighted by Gasteiger charge is -2.05. The molecule has 0 unspecified atom stereocenters. The van der Waals surface area contributed by atoms with Crippen LogP contribution in [0.1, 0.15) is 0 Å². The van der Waals surface area contributed by atoms with Gasteiger partial charge in [-0.1, -0.05) is 64.5 Å². The van der Waals surface area contributed by atoms with Gasteiger partial charge in [-0.05, 0) is 11.6 Å². The molecule has 0 saturated carbocycles. The third-order valence-corrected chi connectivity index (χ3v) is 3.84. The minimum atomic E-state index is 0.776. The van der Waals surface area contributed by atoms with Crippen molar-refractivity contribution in [1.82, 2.24) is 4.98 Å². The zero-order valence-corrected chi connectivity index (χ0v) is 11.8.